The van der Waals surface area contributed by atoms with Gasteiger partial charge in [0.1, 0.15) is 0 Å². The maximum atomic E-state index is 4.17. The molecule has 0 amide bonds. The standard InChI is InChI=1S/C10H10BrN/c1-9(11)7-12-8-10-5-3-2-4-6-10/h2-6,8H,1,7H2. The molecule has 0 bridgehead atoms. The van der Waals surface area contributed by atoms with Gasteiger partial charge < -0.3 is 0 Å². The Hall–Kier alpha value is -0.890. The van der Waals surface area contributed by atoms with Crippen molar-refractivity contribution >= 4 is 22.1 Å². The average Bonchev–Trinajstić information content (AvgIpc) is 2.05. The Bertz CT molecular complexity index is 277. The van der Waals surface area contributed by atoms with Gasteiger partial charge in [-0.25, -0.2) is 0 Å². The van der Waals surface area contributed by atoms with Gasteiger partial charge in [0.25, 0.3) is 0 Å². The molecule has 1 nitrogen and oxygen atoms in total. The summed E-state index contributed by atoms with van der Waals surface area (Å²) in [7, 11) is 0. The molecule has 1 rings (SSSR count). The molecule has 0 fully saturated rings. The van der Waals surface area contributed by atoms with Crippen molar-refractivity contribution < 1.29 is 0 Å². The van der Waals surface area contributed by atoms with Crippen LogP contribution in [-0.4, -0.2) is 12.8 Å². The van der Waals surface area contributed by atoms with Gasteiger partial charge in [-0.1, -0.05) is 52.8 Å². The van der Waals surface area contributed by atoms with Gasteiger partial charge in [-0.2, -0.15) is 0 Å². The number of halogens is 1. The molecule has 12 heavy (non-hydrogen) atoms. The van der Waals surface area contributed by atoms with Gasteiger partial charge in [-0.05, 0) is 5.56 Å². The molecule has 0 radical (unpaired) electrons. The fraction of sp³-hybridized carbons (Fsp3) is 0.100. The highest BCUT2D eigenvalue weighted by Crippen LogP contribution is 2.00. The van der Waals surface area contributed by atoms with Crippen LogP contribution in [0.2, 0.25) is 0 Å². The van der Waals surface area contributed by atoms with E-state index < -0.39 is 0 Å². The first-order valence-electron chi connectivity index (χ1n) is 3.67. The zero-order valence-electron chi connectivity index (χ0n) is 6.70. The molecule has 0 saturated carbocycles. The first-order chi connectivity index (χ1) is 5.79. The quantitative estimate of drug-likeness (QED) is 0.700. The van der Waals surface area contributed by atoms with Crippen LogP contribution in [0.25, 0.3) is 0 Å². The van der Waals surface area contributed by atoms with Crippen molar-refractivity contribution in [1.82, 2.24) is 0 Å². The lowest BCUT2D eigenvalue weighted by atomic mass is 10.2. The van der Waals surface area contributed by atoms with E-state index in [0.29, 0.717) is 6.54 Å². The summed E-state index contributed by atoms with van der Waals surface area (Å²) in [5, 5.41) is 0. The number of nitrogens with zero attached hydrogens (tertiary/aromatic N) is 1. The van der Waals surface area contributed by atoms with E-state index in [1.165, 1.54) is 0 Å². The predicted molar refractivity (Wildman–Crippen MR) is 57.0 cm³/mol. The molecule has 0 aliphatic carbocycles. The first kappa shape index (κ1) is 9.20. The zero-order chi connectivity index (χ0) is 8.81. The Balaban J connectivity index is 2.52. The summed E-state index contributed by atoms with van der Waals surface area (Å²) >= 11 is 3.24. The molecule has 1 aromatic carbocycles. The van der Waals surface area contributed by atoms with Crippen molar-refractivity contribution in [3.8, 4) is 0 Å². The zero-order valence-corrected chi connectivity index (χ0v) is 8.29. The normalized spacial score (nSPS) is 10.4. The van der Waals surface area contributed by atoms with Gasteiger partial charge in [0, 0.05) is 10.7 Å². The van der Waals surface area contributed by atoms with Crippen LogP contribution in [0.5, 0.6) is 0 Å². The molecule has 0 unspecified atom stereocenters. The summed E-state index contributed by atoms with van der Waals surface area (Å²) in [4.78, 5) is 4.17. The van der Waals surface area contributed by atoms with Crippen molar-refractivity contribution in [2.45, 2.75) is 0 Å². The van der Waals surface area contributed by atoms with Crippen LogP contribution >= 0.6 is 15.9 Å². The maximum Gasteiger partial charge on any atom is 0.0699 e. The van der Waals surface area contributed by atoms with Gasteiger partial charge in [0.15, 0.2) is 0 Å². The van der Waals surface area contributed by atoms with Gasteiger partial charge in [-0.3, -0.25) is 4.99 Å². The van der Waals surface area contributed by atoms with Crippen LogP contribution in [-0.2, 0) is 0 Å². The number of hydrogen-bond donors (Lipinski definition) is 0. The maximum absolute atomic E-state index is 4.17. The van der Waals surface area contributed by atoms with Gasteiger partial charge in [0.2, 0.25) is 0 Å². The predicted octanol–water partition coefficient (Wildman–Crippen LogP) is 3.01. The third-order valence-corrected chi connectivity index (χ3v) is 1.55. The smallest absolute Gasteiger partial charge is 0.0699 e. The summed E-state index contributed by atoms with van der Waals surface area (Å²) in [6.45, 7) is 4.32. The summed E-state index contributed by atoms with van der Waals surface area (Å²) in [6, 6.07) is 10.00. The second-order valence-electron chi connectivity index (χ2n) is 2.40. The van der Waals surface area contributed by atoms with E-state index in [0.717, 1.165) is 10.0 Å². The Kier molecular flexibility index (Phi) is 3.74. The number of benzene rings is 1. The molecule has 0 heterocycles. The summed E-state index contributed by atoms with van der Waals surface area (Å²) in [5.74, 6) is 0. The third kappa shape index (κ3) is 3.49. The van der Waals surface area contributed by atoms with E-state index in [2.05, 4.69) is 27.5 Å². The van der Waals surface area contributed by atoms with E-state index in [9.17, 15) is 0 Å². The summed E-state index contributed by atoms with van der Waals surface area (Å²) in [5.41, 5.74) is 1.12. The molecular formula is C10H10BrN. The lowest BCUT2D eigenvalue weighted by Crippen LogP contribution is -1.82. The first-order valence-corrected chi connectivity index (χ1v) is 4.46. The van der Waals surface area contributed by atoms with Crippen molar-refractivity contribution in [1.29, 1.82) is 0 Å². The molecule has 0 spiro atoms. The molecule has 2 heteroatoms. The van der Waals surface area contributed by atoms with Gasteiger partial charge >= 0.3 is 0 Å². The van der Waals surface area contributed by atoms with Crippen LogP contribution < -0.4 is 0 Å². The lowest BCUT2D eigenvalue weighted by Gasteiger charge is -1.90. The number of hydrogen-bond acceptors (Lipinski definition) is 1. The van der Waals surface area contributed by atoms with Crippen LogP contribution in [0, 0.1) is 0 Å². The van der Waals surface area contributed by atoms with Gasteiger partial charge in [0.05, 0.1) is 6.54 Å². The Morgan fingerprint density at radius 2 is 2.08 bits per heavy atom. The SMILES string of the molecule is C=C(Br)CN=Cc1ccccc1. The number of aliphatic imine (C=N–C) groups is 1. The van der Waals surface area contributed by atoms with E-state index in [4.69, 9.17) is 0 Å². The highest BCUT2D eigenvalue weighted by molar-refractivity contribution is 9.11. The highest BCUT2D eigenvalue weighted by atomic mass is 79.9. The average molecular weight is 224 g/mol. The molecular weight excluding hydrogens is 214 g/mol. The van der Waals surface area contributed by atoms with Crippen molar-refractivity contribution in [2.24, 2.45) is 4.99 Å². The lowest BCUT2D eigenvalue weighted by molar-refractivity contribution is 1.25. The monoisotopic (exact) mass is 223 g/mol. The fourth-order valence-corrected chi connectivity index (χ4v) is 0.934. The minimum atomic E-state index is 0.634. The molecule has 0 N–H and O–H groups in total. The molecule has 0 aliphatic heterocycles. The Morgan fingerprint density at radius 3 is 2.67 bits per heavy atom. The van der Waals surface area contributed by atoms with E-state index in [1.807, 2.05) is 36.5 Å². The van der Waals surface area contributed by atoms with Crippen molar-refractivity contribution in [2.75, 3.05) is 6.54 Å². The summed E-state index contributed by atoms with van der Waals surface area (Å²) in [6.07, 6.45) is 1.84. The Labute approximate surface area is 81.0 Å². The fourth-order valence-electron chi connectivity index (χ4n) is 0.789. The molecule has 0 aromatic heterocycles. The second kappa shape index (κ2) is 4.88. The topological polar surface area (TPSA) is 12.4 Å². The van der Waals surface area contributed by atoms with Crippen LogP contribution in [0.15, 0.2) is 46.4 Å². The van der Waals surface area contributed by atoms with Gasteiger partial charge in [-0.15, -0.1) is 0 Å². The summed E-state index contributed by atoms with van der Waals surface area (Å²) < 4.78 is 0.898. The number of rotatable bonds is 3. The molecule has 1 aromatic rings. The molecule has 0 saturated heterocycles. The largest absolute Gasteiger partial charge is 0.287 e. The van der Waals surface area contributed by atoms with E-state index in [-0.39, 0.29) is 0 Å². The van der Waals surface area contributed by atoms with Crippen LogP contribution in [0.4, 0.5) is 0 Å². The minimum Gasteiger partial charge on any atom is -0.287 e. The van der Waals surface area contributed by atoms with E-state index >= 15 is 0 Å². The van der Waals surface area contributed by atoms with Crippen molar-refractivity contribution in [3.05, 3.63) is 47.0 Å². The third-order valence-electron chi connectivity index (χ3n) is 1.30. The Morgan fingerprint density at radius 1 is 1.42 bits per heavy atom. The van der Waals surface area contributed by atoms with E-state index in [1.54, 1.807) is 0 Å². The minimum absolute atomic E-state index is 0.634. The molecule has 0 atom stereocenters. The highest BCUT2D eigenvalue weighted by Gasteiger charge is 1.84. The molecule has 0 aliphatic rings. The van der Waals surface area contributed by atoms with Crippen LogP contribution in [0.1, 0.15) is 5.56 Å². The van der Waals surface area contributed by atoms with Crippen LogP contribution in [0.3, 0.4) is 0 Å². The van der Waals surface area contributed by atoms with Crippen molar-refractivity contribution in [3.63, 3.8) is 0 Å². The molecule has 62 valence electrons. The second-order valence-corrected chi connectivity index (χ2v) is 3.52.